The number of hydrogen-bond donors (Lipinski definition) is 2. The topological polar surface area (TPSA) is 44.4 Å². The number of halogens is 3. The van der Waals surface area contributed by atoms with E-state index in [-0.39, 0.29) is 42.6 Å². The molecular formula is C21H26Cl2FN3O. The maximum absolute atomic E-state index is 14.8. The second-order valence-corrected chi connectivity index (χ2v) is 7.09. The highest BCUT2D eigenvalue weighted by Crippen LogP contribution is 2.26. The predicted molar refractivity (Wildman–Crippen MR) is 115 cm³/mol. The van der Waals surface area contributed by atoms with Crippen LogP contribution in [-0.4, -0.2) is 29.9 Å². The molecule has 4 rings (SSSR count). The van der Waals surface area contributed by atoms with E-state index in [1.54, 1.807) is 6.07 Å². The molecule has 28 heavy (non-hydrogen) atoms. The van der Waals surface area contributed by atoms with E-state index in [2.05, 4.69) is 27.7 Å². The molecule has 0 aliphatic carbocycles. The first-order valence-corrected chi connectivity index (χ1v) is 9.32. The van der Waals surface area contributed by atoms with Gasteiger partial charge in [-0.3, -0.25) is 9.69 Å². The molecule has 0 saturated carbocycles. The summed E-state index contributed by atoms with van der Waals surface area (Å²) >= 11 is 0. The normalized spacial score (nSPS) is 18.5. The average molecular weight is 426 g/mol. The average Bonchev–Trinajstić information content (AvgIpc) is 3.13. The number of amides is 1. The van der Waals surface area contributed by atoms with E-state index in [9.17, 15) is 9.18 Å². The Kier molecular flexibility index (Phi) is 8.25. The van der Waals surface area contributed by atoms with E-state index in [4.69, 9.17) is 0 Å². The molecule has 1 atom stereocenters. The van der Waals surface area contributed by atoms with Gasteiger partial charge >= 0.3 is 0 Å². The lowest BCUT2D eigenvalue weighted by atomic mass is 9.99. The van der Waals surface area contributed by atoms with Crippen molar-refractivity contribution >= 4 is 36.4 Å². The van der Waals surface area contributed by atoms with Crippen molar-refractivity contribution in [2.75, 3.05) is 18.4 Å². The van der Waals surface area contributed by atoms with Crippen molar-refractivity contribution in [3.63, 3.8) is 0 Å². The molecule has 4 nitrogen and oxygen atoms in total. The van der Waals surface area contributed by atoms with Crippen molar-refractivity contribution < 1.29 is 9.18 Å². The second kappa shape index (κ2) is 10.2. The molecule has 1 amide bonds. The van der Waals surface area contributed by atoms with E-state index in [1.165, 1.54) is 5.56 Å². The van der Waals surface area contributed by atoms with Crippen molar-refractivity contribution in [2.45, 2.75) is 38.4 Å². The minimum atomic E-state index is -0.273. The van der Waals surface area contributed by atoms with Gasteiger partial charge in [0, 0.05) is 13.1 Å². The lowest BCUT2D eigenvalue weighted by Crippen LogP contribution is -2.39. The summed E-state index contributed by atoms with van der Waals surface area (Å²) in [7, 11) is 0. The monoisotopic (exact) mass is 425 g/mol. The molecule has 1 fully saturated rings. The third-order valence-electron chi connectivity index (χ3n) is 5.36. The molecule has 2 aliphatic heterocycles. The van der Waals surface area contributed by atoms with Gasteiger partial charge in [0.25, 0.3) is 0 Å². The molecule has 0 spiro atoms. The van der Waals surface area contributed by atoms with Crippen LogP contribution >= 0.6 is 24.8 Å². The molecule has 2 aromatic carbocycles. The standard InChI is InChI=1S/C21H24FN3O.2ClH/c22-20-17-10-11-23-13-16(17)8-9-18(20)24-21(26)19-7-4-12-25(19)14-15-5-2-1-3-6-15;;/h1-3,5-6,8-9,19,23H,4,7,10-14H2,(H,24,26);2*1H. The number of nitrogens with one attached hydrogen (secondary N) is 2. The molecule has 2 aromatic rings. The van der Waals surface area contributed by atoms with Gasteiger partial charge in [-0.15, -0.1) is 24.8 Å². The number of nitrogens with zero attached hydrogens (tertiary/aromatic N) is 1. The maximum Gasteiger partial charge on any atom is 0.241 e. The summed E-state index contributed by atoms with van der Waals surface area (Å²) in [5.41, 5.74) is 3.22. The number of carbonyl (C=O) groups excluding carboxylic acids is 1. The fourth-order valence-electron chi connectivity index (χ4n) is 3.98. The Bertz CT molecular complexity index is 804. The van der Waals surface area contributed by atoms with Gasteiger partial charge in [-0.05, 0) is 55.1 Å². The molecule has 1 unspecified atom stereocenters. The van der Waals surface area contributed by atoms with Gasteiger partial charge in [-0.2, -0.15) is 0 Å². The number of fused-ring (bicyclic) bond motifs is 1. The molecule has 152 valence electrons. The van der Waals surface area contributed by atoms with Crippen LogP contribution in [0.15, 0.2) is 42.5 Å². The minimum absolute atomic E-state index is 0. The van der Waals surface area contributed by atoms with E-state index < -0.39 is 0 Å². The van der Waals surface area contributed by atoms with Crippen LogP contribution in [0.1, 0.15) is 29.5 Å². The van der Waals surface area contributed by atoms with Gasteiger partial charge in [-0.1, -0.05) is 36.4 Å². The first kappa shape index (κ1) is 22.6. The number of benzene rings is 2. The van der Waals surface area contributed by atoms with Crippen molar-refractivity contribution in [1.29, 1.82) is 0 Å². The molecular weight excluding hydrogens is 400 g/mol. The summed E-state index contributed by atoms with van der Waals surface area (Å²) in [6, 6.07) is 13.6. The summed E-state index contributed by atoms with van der Waals surface area (Å²) in [5, 5.41) is 6.08. The fraction of sp³-hybridized carbons (Fsp3) is 0.381. The second-order valence-electron chi connectivity index (χ2n) is 7.09. The Balaban J connectivity index is 0.00000140. The summed E-state index contributed by atoms with van der Waals surface area (Å²) in [6.45, 7) is 3.10. The van der Waals surface area contributed by atoms with Gasteiger partial charge in [-0.25, -0.2) is 4.39 Å². The van der Waals surface area contributed by atoms with E-state index in [1.807, 2.05) is 24.3 Å². The highest BCUT2D eigenvalue weighted by molar-refractivity contribution is 5.95. The highest BCUT2D eigenvalue weighted by atomic mass is 35.5. The van der Waals surface area contributed by atoms with Crippen LogP contribution in [0.2, 0.25) is 0 Å². The van der Waals surface area contributed by atoms with Crippen LogP contribution < -0.4 is 10.6 Å². The third kappa shape index (κ3) is 4.84. The lowest BCUT2D eigenvalue weighted by molar-refractivity contribution is -0.120. The zero-order chi connectivity index (χ0) is 17.9. The predicted octanol–water partition coefficient (Wildman–Crippen LogP) is 3.92. The van der Waals surface area contributed by atoms with Crippen LogP contribution in [0.3, 0.4) is 0 Å². The van der Waals surface area contributed by atoms with Crippen LogP contribution in [0.5, 0.6) is 0 Å². The molecule has 1 saturated heterocycles. The largest absolute Gasteiger partial charge is 0.322 e. The van der Waals surface area contributed by atoms with Crippen molar-refractivity contribution in [1.82, 2.24) is 10.2 Å². The maximum atomic E-state index is 14.8. The van der Waals surface area contributed by atoms with Gasteiger partial charge < -0.3 is 10.6 Å². The highest BCUT2D eigenvalue weighted by Gasteiger charge is 2.31. The van der Waals surface area contributed by atoms with Crippen molar-refractivity contribution in [3.05, 3.63) is 65.0 Å². The van der Waals surface area contributed by atoms with Gasteiger partial charge in [0.05, 0.1) is 11.7 Å². The Hall–Kier alpha value is -1.66. The number of rotatable bonds is 4. The SMILES string of the molecule is Cl.Cl.O=C(Nc1ccc2c(c1F)CCNC2)C1CCCN1Cc1ccccc1. The third-order valence-corrected chi connectivity index (χ3v) is 5.36. The first-order valence-electron chi connectivity index (χ1n) is 9.32. The Morgan fingerprint density at radius 2 is 1.96 bits per heavy atom. The zero-order valence-corrected chi connectivity index (χ0v) is 17.3. The zero-order valence-electron chi connectivity index (χ0n) is 15.6. The molecule has 0 bridgehead atoms. The minimum Gasteiger partial charge on any atom is -0.322 e. The number of likely N-dealkylation sites (tertiary alicyclic amines) is 1. The summed E-state index contributed by atoms with van der Waals surface area (Å²) in [5.74, 6) is -0.379. The van der Waals surface area contributed by atoms with Crippen LogP contribution in [0, 0.1) is 5.82 Å². The van der Waals surface area contributed by atoms with Crippen molar-refractivity contribution in [3.8, 4) is 0 Å². The molecule has 2 heterocycles. The van der Waals surface area contributed by atoms with E-state index in [0.717, 1.165) is 43.6 Å². The van der Waals surface area contributed by atoms with E-state index >= 15 is 0 Å². The fourth-order valence-corrected chi connectivity index (χ4v) is 3.98. The summed E-state index contributed by atoms with van der Waals surface area (Å²) < 4.78 is 14.8. The van der Waals surface area contributed by atoms with Gasteiger partial charge in [0.15, 0.2) is 0 Å². The van der Waals surface area contributed by atoms with Gasteiger partial charge in [0.1, 0.15) is 5.82 Å². The Morgan fingerprint density at radius 1 is 1.18 bits per heavy atom. The number of hydrogen-bond acceptors (Lipinski definition) is 3. The Morgan fingerprint density at radius 3 is 2.75 bits per heavy atom. The van der Waals surface area contributed by atoms with Crippen LogP contribution in [-0.2, 0) is 24.3 Å². The van der Waals surface area contributed by atoms with Crippen LogP contribution in [0.4, 0.5) is 10.1 Å². The molecule has 2 aliphatic rings. The van der Waals surface area contributed by atoms with Gasteiger partial charge in [0.2, 0.25) is 5.91 Å². The molecule has 0 aromatic heterocycles. The smallest absolute Gasteiger partial charge is 0.241 e. The Labute approximate surface area is 177 Å². The van der Waals surface area contributed by atoms with Crippen LogP contribution in [0.25, 0.3) is 0 Å². The van der Waals surface area contributed by atoms with Crippen molar-refractivity contribution in [2.24, 2.45) is 0 Å². The van der Waals surface area contributed by atoms with E-state index in [0.29, 0.717) is 18.7 Å². The lowest BCUT2D eigenvalue weighted by Gasteiger charge is -2.24. The quantitative estimate of drug-likeness (QED) is 0.779. The molecule has 2 N–H and O–H groups in total. The summed E-state index contributed by atoms with van der Waals surface area (Å²) in [6.07, 6.45) is 2.47. The summed E-state index contributed by atoms with van der Waals surface area (Å²) in [4.78, 5) is 15.0. The molecule has 0 radical (unpaired) electrons. The first-order chi connectivity index (χ1) is 12.7. The number of anilines is 1. The molecule has 7 heteroatoms. The number of carbonyl (C=O) groups is 1.